The highest BCUT2D eigenvalue weighted by atomic mass is 32.1. The first-order valence-electron chi connectivity index (χ1n) is 7.06. The largest absolute Gasteiger partial charge is 0.508 e. The van der Waals surface area contributed by atoms with Gasteiger partial charge in [0.2, 0.25) is 0 Å². The van der Waals surface area contributed by atoms with Crippen molar-refractivity contribution in [1.29, 1.82) is 0 Å². The topological polar surface area (TPSA) is 40.5 Å². The fraction of sp³-hybridized carbons (Fsp3) is 0.105. The number of phenols is 2. The molecule has 0 spiro atoms. The van der Waals surface area contributed by atoms with Gasteiger partial charge in [0.05, 0.1) is 0 Å². The van der Waals surface area contributed by atoms with Crippen LogP contribution in [-0.4, -0.2) is 15.1 Å². The molecule has 0 radical (unpaired) electrons. The first kappa shape index (κ1) is 16.0. The summed E-state index contributed by atoms with van der Waals surface area (Å²) in [6.45, 7) is 0. The van der Waals surface area contributed by atoms with Gasteiger partial charge in [0.25, 0.3) is 0 Å². The van der Waals surface area contributed by atoms with Gasteiger partial charge < -0.3 is 10.2 Å². The molecule has 0 heterocycles. The van der Waals surface area contributed by atoms with Crippen LogP contribution in [0.3, 0.4) is 0 Å². The standard InChI is InChI=1S/C19H18O2S/c20-17-9-1-5-15(13-17)7-3-11-19(22)12-4-8-16-6-2-10-18(21)14-16/h1-10,13-14,20-21H,11-12H2. The van der Waals surface area contributed by atoms with Crippen molar-refractivity contribution in [2.24, 2.45) is 0 Å². The molecule has 2 aromatic rings. The van der Waals surface area contributed by atoms with Gasteiger partial charge in [-0.15, -0.1) is 0 Å². The number of phenolic OH excluding ortho intramolecular Hbond substituents is 2. The van der Waals surface area contributed by atoms with E-state index in [0.29, 0.717) is 0 Å². The SMILES string of the molecule is Oc1cccc(C=CCC(=S)CC=Cc2cccc(O)c2)c1. The summed E-state index contributed by atoms with van der Waals surface area (Å²) < 4.78 is 0. The molecule has 0 amide bonds. The minimum absolute atomic E-state index is 0.263. The molecule has 2 nitrogen and oxygen atoms in total. The molecule has 2 rings (SSSR count). The zero-order valence-electron chi connectivity index (χ0n) is 12.1. The van der Waals surface area contributed by atoms with E-state index < -0.39 is 0 Å². The van der Waals surface area contributed by atoms with Crippen molar-refractivity contribution in [2.75, 3.05) is 0 Å². The van der Waals surface area contributed by atoms with Crippen LogP contribution in [-0.2, 0) is 0 Å². The highest BCUT2D eigenvalue weighted by Gasteiger charge is 1.93. The molecule has 0 fully saturated rings. The Morgan fingerprint density at radius 2 is 1.27 bits per heavy atom. The lowest BCUT2D eigenvalue weighted by Crippen LogP contribution is -1.88. The van der Waals surface area contributed by atoms with Gasteiger partial charge in [-0.05, 0) is 48.2 Å². The minimum atomic E-state index is 0.263. The summed E-state index contributed by atoms with van der Waals surface area (Å²) in [4.78, 5) is 0.938. The Labute approximate surface area is 136 Å². The summed E-state index contributed by atoms with van der Waals surface area (Å²) in [5, 5.41) is 18.8. The number of aromatic hydroxyl groups is 2. The summed E-state index contributed by atoms with van der Waals surface area (Å²) in [5.74, 6) is 0.526. The Balaban J connectivity index is 1.81. The minimum Gasteiger partial charge on any atom is -0.508 e. The Morgan fingerprint density at radius 3 is 1.68 bits per heavy atom. The summed E-state index contributed by atoms with van der Waals surface area (Å²) in [5.41, 5.74) is 1.91. The van der Waals surface area contributed by atoms with Gasteiger partial charge >= 0.3 is 0 Å². The van der Waals surface area contributed by atoms with Gasteiger partial charge in [0.1, 0.15) is 11.5 Å². The molecule has 0 aliphatic carbocycles. The highest BCUT2D eigenvalue weighted by molar-refractivity contribution is 7.80. The maximum absolute atomic E-state index is 9.38. The first-order chi connectivity index (χ1) is 10.6. The van der Waals surface area contributed by atoms with E-state index in [-0.39, 0.29) is 11.5 Å². The molecule has 22 heavy (non-hydrogen) atoms. The Morgan fingerprint density at radius 1 is 0.818 bits per heavy atom. The van der Waals surface area contributed by atoms with Crippen molar-refractivity contribution in [3.05, 3.63) is 71.8 Å². The van der Waals surface area contributed by atoms with Crippen LogP contribution in [0.25, 0.3) is 12.2 Å². The molecular formula is C19H18O2S. The third kappa shape index (κ3) is 5.54. The smallest absolute Gasteiger partial charge is 0.116 e. The van der Waals surface area contributed by atoms with Gasteiger partial charge in [-0.2, -0.15) is 0 Å². The zero-order chi connectivity index (χ0) is 15.8. The lowest BCUT2D eigenvalue weighted by Gasteiger charge is -1.97. The van der Waals surface area contributed by atoms with E-state index in [1.165, 1.54) is 0 Å². The number of benzene rings is 2. The maximum atomic E-state index is 9.38. The normalized spacial score (nSPS) is 11.3. The predicted octanol–water partition coefficient (Wildman–Crippen LogP) is 4.97. The van der Waals surface area contributed by atoms with Crippen LogP contribution in [0.4, 0.5) is 0 Å². The van der Waals surface area contributed by atoms with Gasteiger partial charge in [-0.25, -0.2) is 0 Å². The van der Waals surface area contributed by atoms with Gasteiger partial charge in [-0.3, -0.25) is 0 Å². The summed E-state index contributed by atoms with van der Waals surface area (Å²) in [6.07, 6.45) is 9.33. The molecule has 2 aromatic carbocycles. The Bertz CT molecular complexity index is 643. The number of hydrogen-bond donors (Lipinski definition) is 2. The molecule has 3 heteroatoms. The van der Waals surface area contributed by atoms with E-state index in [1.807, 2.05) is 48.6 Å². The van der Waals surface area contributed by atoms with E-state index in [0.717, 1.165) is 28.8 Å². The molecule has 0 saturated carbocycles. The third-order valence-electron chi connectivity index (χ3n) is 3.05. The third-order valence-corrected chi connectivity index (χ3v) is 3.39. The number of hydrogen-bond acceptors (Lipinski definition) is 3. The fourth-order valence-electron chi connectivity index (χ4n) is 1.99. The second-order valence-corrected chi connectivity index (χ2v) is 5.52. The van der Waals surface area contributed by atoms with Gasteiger partial charge in [-0.1, -0.05) is 60.8 Å². The van der Waals surface area contributed by atoms with Crippen molar-refractivity contribution in [3.63, 3.8) is 0 Å². The Kier molecular flexibility index (Phi) is 5.92. The van der Waals surface area contributed by atoms with Crippen LogP contribution in [0.1, 0.15) is 24.0 Å². The van der Waals surface area contributed by atoms with Crippen LogP contribution in [0.15, 0.2) is 60.7 Å². The van der Waals surface area contributed by atoms with E-state index in [2.05, 4.69) is 0 Å². The summed E-state index contributed by atoms with van der Waals surface area (Å²) in [6, 6.07) is 14.2. The summed E-state index contributed by atoms with van der Waals surface area (Å²) >= 11 is 5.34. The van der Waals surface area contributed by atoms with Gasteiger partial charge in [0, 0.05) is 4.86 Å². The van der Waals surface area contributed by atoms with Crippen molar-refractivity contribution in [1.82, 2.24) is 0 Å². The van der Waals surface area contributed by atoms with Crippen molar-refractivity contribution >= 4 is 29.2 Å². The van der Waals surface area contributed by atoms with Crippen LogP contribution in [0, 0.1) is 0 Å². The molecule has 0 atom stereocenters. The average molecular weight is 310 g/mol. The molecule has 2 N–H and O–H groups in total. The molecule has 0 aromatic heterocycles. The quantitative estimate of drug-likeness (QED) is 0.740. The van der Waals surface area contributed by atoms with Gasteiger partial charge in [0.15, 0.2) is 0 Å². The van der Waals surface area contributed by atoms with Crippen LogP contribution in [0.5, 0.6) is 11.5 Å². The second kappa shape index (κ2) is 8.15. The molecule has 0 unspecified atom stereocenters. The Hall–Kier alpha value is -2.39. The predicted molar refractivity (Wildman–Crippen MR) is 96.1 cm³/mol. The highest BCUT2D eigenvalue weighted by Crippen LogP contribution is 2.14. The number of rotatable bonds is 6. The molecule has 112 valence electrons. The van der Waals surface area contributed by atoms with Crippen molar-refractivity contribution in [3.8, 4) is 11.5 Å². The second-order valence-electron chi connectivity index (χ2n) is 4.94. The first-order valence-corrected chi connectivity index (χ1v) is 7.47. The van der Waals surface area contributed by atoms with Crippen LogP contribution < -0.4 is 0 Å². The van der Waals surface area contributed by atoms with E-state index >= 15 is 0 Å². The lowest BCUT2D eigenvalue weighted by atomic mass is 10.1. The molecular weight excluding hydrogens is 292 g/mol. The van der Waals surface area contributed by atoms with Crippen LogP contribution >= 0.6 is 12.2 Å². The lowest BCUT2D eigenvalue weighted by molar-refractivity contribution is 0.474. The van der Waals surface area contributed by atoms with E-state index in [9.17, 15) is 10.2 Å². The van der Waals surface area contributed by atoms with Crippen LogP contribution in [0.2, 0.25) is 0 Å². The van der Waals surface area contributed by atoms with E-state index in [4.69, 9.17) is 12.2 Å². The number of thiocarbonyl (C=S) groups is 1. The molecule has 0 aliphatic rings. The molecule has 0 bridgehead atoms. The fourth-order valence-corrected chi connectivity index (χ4v) is 2.19. The van der Waals surface area contributed by atoms with E-state index in [1.54, 1.807) is 24.3 Å². The maximum Gasteiger partial charge on any atom is 0.116 e. The molecule has 0 aliphatic heterocycles. The summed E-state index contributed by atoms with van der Waals surface area (Å²) in [7, 11) is 0. The molecule has 0 saturated heterocycles. The van der Waals surface area contributed by atoms with Crippen molar-refractivity contribution < 1.29 is 10.2 Å². The number of allylic oxidation sites excluding steroid dienone is 2. The monoisotopic (exact) mass is 310 g/mol. The zero-order valence-corrected chi connectivity index (χ0v) is 13.0. The van der Waals surface area contributed by atoms with Crippen molar-refractivity contribution in [2.45, 2.75) is 12.8 Å². The average Bonchev–Trinajstić information content (AvgIpc) is 2.47.